The molecule has 0 spiro atoms. The molecule has 1 atom stereocenters. The molecule has 1 aliphatic heterocycles. The Labute approximate surface area is 115 Å². The van der Waals surface area contributed by atoms with Gasteiger partial charge in [0.1, 0.15) is 0 Å². The SMILES string of the molecule is CN(c1ccc(C2CCCCC2)nn1)C1CCNC1. The van der Waals surface area contributed by atoms with Gasteiger partial charge in [0.2, 0.25) is 0 Å². The predicted molar refractivity (Wildman–Crippen MR) is 77.5 cm³/mol. The molecule has 4 heteroatoms. The topological polar surface area (TPSA) is 41.1 Å². The lowest BCUT2D eigenvalue weighted by Crippen LogP contribution is -2.34. The number of anilines is 1. The summed E-state index contributed by atoms with van der Waals surface area (Å²) >= 11 is 0. The monoisotopic (exact) mass is 260 g/mol. The van der Waals surface area contributed by atoms with Crippen LogP contribution in [-0.2, 0) is 0 Å². The standard InChI is InChI=1S/C15H24N4/c1-19(13-9-10-16-11-13)15-8-7-14(17-18-15)12-5-3-2-4-6-12/h7-8,12-13,16H,2-6,9-11H2,1H3. The van der Waals surface area contributed by atoms with Gasteiger partial charge in [-0.2, -0.15) is 5.10 Å². The minimum Gasteiger partial charge on any atom is -0.354 e. The van der Waals surface area contributed by atoms with E-state index in [1.54, 1.807) is 0 Å². The summed E-state index contributed by atoms with van der Waals surface area (Å²) in [5.74, 6) is 1.65. The van der Waals surface area contributed by atoms with Crippen LogP contribution in [0.5, 0.6) is 0 Å². The number of nitrogens with zero attached hydrogens (tertiary/aromatic N) is 3. The lowest BCUT2D eigenvalue weighted by molar-refractivity contribution is 0.434. The number of likely N-dealkylation sites (N-methyl/N-ethyl adjacent to an activating group) is 1. The van der Waals surface area contributed by atoms with Crippen LogP contribution in [0.25, 0.3) is 0 Å². The fourth-order valence-electron chi connectivity index (χ4n) is 3.30. The van der Waals surface area contributed by atoms with Crippen molar-refractivity contribution < 1.29 is 0 Å². The van der Waals surface area contributed by atoms with Crippen molar-refractivity contribution in [3.8, 4) is 0 Å². The van der Waals surface area contributed by atoms with E-state index >= 15 is 0 Å². The quantitative estimate of drug-likeness (QED) is 0.905. The Kier molecular flexibility index (Phi) is 3.97. The minimum absolute atomic E-state index is 0.565. The first-order valence-corrected chi connectivity index (χ1v) is 7.62. The van der Waals surface area contributed by atoms with E-state index in [-0.39, 0.29) is 0 Å². The van der Waals surface area contributed by atoms with E-state index in [9.17, 15) is 0 Å². The zero-order valence-electron chi connectivity index (χ0n) is 11.8. The molecular formula is C15H24N4. The summed E-state index contributed by atoms with van der Waals surface area (Å²) in [5.41, 5.74) is 1.20. The molecule has 19 heavy (non-hydrogen) atoms. The van der Waals surface area contributed by atoms with Crippen molar-refractivity contribution in [2.75, 3.05) is 25.0 Å². The number of aromatic nitrogens is 2. The number of hydrogen-bond donors (Lipinski definition) is 1. The van der Waals surface area contributed by atoms with Crippen LogP contribution in [-0.4, -0.2) is 36.4 Å². The van der Waals surface area contributed by atoms with E-state index in [1.807, 2.05) is 0 Å². The van der Waals surface area contributed by atoms with Crippen LogP contribution >= 0.6 is 0 Å². The molecule has 1 saturated carbocycles. The molecule has 2 fully saturated rings. The summed E-state index contributed by atoms with van der Waals surface area (Å²) in [6.07, 6.45) is 7.86. The van der Waals surface area contributed by atoms with Gasteiger partial charge in [-0.3, -0.25) is 0 Å². The molecule has 0 radical (unpaired) electrons. The second-order valence-electron chi connectivity index (χ2n) is 5.91. The Morgan fingerprint density at radius 2 is 1.95 bits per heavy atom. The first-order chi connectivity index (χ1) is 9.34. The first-order valence-electron chi connectivity index (χ1n) is 7.62. The lowest BCUT2D eigenvalue weighted by Gasteiger charge is -2.25. The predicted octanol–water partition coefficient (Wildman–Crippen LogP) is 2.32. The normalized spacial score (nSPS) is 24.6. The van der Waals surface area contributed by atoms with Crippen molar-refractivity contribution in [1.29, 1.82) is 0 Å². The first kappa shape index (κ1) is 12.9. The summed E-state index contributed by atoms with van der Waals surface area (Å²) in [6.45, 7) is 2.17. The van der Waals surface area contributed by atoms with Crippen LogP contribution < -0.4 is 10.2 Å². The van der Waals surface area contributed by atoms with Crippen LogP contribution in [0, 0.1) is 0 Å². The van der Waals surface area contributed by atoms with Gasteiger partial charge >= 0.3 is 0 Å². The highest BCUT2D eigenvalue weighted by molar-refractivity contribution is 5.38. The van der Waals surface area contributed by atoms with Gasteiger partial charge in [0.25, 0.3) is 0 Å². The Bertz CT molecular complexity index is 391. The summed E-state index contributed by atoms with van der Waals surface area (Å²) < 4.78 is 0. The average molecular weight is 260 g/mol. The summed E-state index contributed by atoms with van der Waals surface area (Å²) in [4.78, 5) is 2.26. The maximum Gasteiger partial charge on any atom is 0.151 e. The van der Waals surface area contributed by atoms with E-state index < -0.39 is 0 Å². The van der Waals surface area contributed by atoms with Gasteiger partial charge in [0, 0.05) is 25.6 Å². The highest BCUT2D eigenvalue weighted by Crippen LogP contribution is 2.31. The molecule has 0 amide bonds. The summed E-state index contributed by atoms with van der Waals surface area (Å²) in [7, 11) is 2.13. The van der Waals surface area contributed by atoms with Crippen LogP contribution in [0.15, 0.2) is 12.1 Å². The van der Waals surface area contributed by atoms with E-state index in [0.717, 1.165) is 18.9 Å². The van der Waals surface area contributed by atoms with Crippen molar-refractivity contribution in [2.45, 2.75) is 50.5 Å². The molecule has 1 aromatic heterocycles. The van der Waals surface area contributed by atoms with Crippen LogP contribution in [0.2, 0.25) is 0 Å². The van der Waals surface area contributed by atoms with Crippen LogP contribution in [0.3, 0.4) is 0 Å². The maximum absolute atomic E-state index is 4.48. The number of nitrogens with one attached hydrogen (secondary N) is 1. The van der Waals surface area contributed by atoms with Crippen molar-refractivity contribution in [3.05, 3.63) is 17.8 Å². The highest BCUT2D eigenvalue weighted by Gasteiger charge is 2.21. The molecule has 3 rings (SSSR count). The minimum atomic E-state index is 0.565. The van der Waals surface area contributed by atoms with Gasteiger partial charge < -0.3 is 10.2 Å². The summed E-state index contributed by atoms with van der Waals surface area (Å²) in [5, 5.41) is 12.3. The zero-order valence-corrected chi connectivity index (χ0v) is 11.8. The van der Waals surface area contributed by atoms with Crippen molar-refractivity contribution in [3.63, 3.8) is 0 Å². The zero-order chi connectivity index (χ0) is 13.1. The third kappa shape index (κ3) is 2.89. The molecule has 2 heterocycles. The smallest absolute Gasteiger partial charge is 0.151 e. The fourth-order valence-corrected chi connectivity index (χ4v) is 3.30. The second-order valence-corrected chi connectivity index (χ2v) is 5.91. The Morgan fingerprint density at radius 1 is 1.11 bits per heavy atom. The third-order valence-electron chi connectivity index (χ3n) is 4.64. The van der Waals surface area contributed by atoms with E-state index in [2.05, 4.69) is 39.6 Å². The molecule has 0 aromatic carbocycles. The molecule has 104 valence electrons. The van der Waals surface area contributed by atoms with Crippen LogP contribution in [0.4, 0.5) is 5.82 Å². The van der Waals surface area contributed by atoms with Gasteiger partial charge in [-0.05, 0) is 37.9 Å². The number of rotatable bonds is 3. The van der Waals surface area contributed by atoms with Gasteiger partial charge in [0.15, 0.2) is 5.82 Å². The number of hydrogen-bond acceptors (Lipinski definition) is 4. The molecule has 1 saturated heterocycles. The lowest BCUT2D eigenvalue weighted by atomic mass is 9.87. The molecule has 1 unspecified atom stereocenters. The van der Waals surface area contributed by atoms with E-state index in [0.29, 0.717) is 12.0 Å². The maximum atomic E-state index is 4.48. The van der Waals surface area contributed by atoms with E-state index in [1.165, 1.54) is 44.2 Å². The third-order valence-corrected chi connectivity index (χ3v) is 4.64. The fraction of sp³-hybridized carbons (Fsp3) is 0.733. The molecule has 1 N–H and O–H groups in total. The van der Waals surface area contributed by atoms with Gasteiger partial charge in [0.05, 0.1) is 5.69 Å². The Balaban J connectivity index is 1.67. The van der Waals surface area contributed by atoms with Gasteiger partial charge in [-0.1, -0.05) is 19.3 Å². The Hall–Kier alpha value is -1.16. The highest BCUT2D eigenvalue weighted by atomic mass is 15.3. The molecule has 1 aliphatic carbocycles. The van der Waals surface area contributed by atoms with Crippen molar-refractivity contribution >= 4 is 5.82 Å². The van der Waals surface area contributed by atoms with Crippen molar-refractivity contribution in [1.82, 2.24) is 15.5 Å². The van der Waals surface area contributed by atoms with Gasteiger partial charge in [-0.15, -0.1) is 5.10 Å². The molecule has 1 aromatic rings. The molecular weight excluding hydrogens is 236 g/mol. The van der Waals surface area contributed by atoms with Gasteiger partial charge in [-0.25, -0.2) is 0 Å². The van der Waals surface area contributed by atoms with Crippen molar-refractivity contribution in [2.24, 2.45) is 0 Å². The molecule has 0 bridgehead atoms. The second kappa shape index (κ2) is 5.87. The summed E-state index contributed by atoms with van der Waals surface area (Å²) in [6, 6.07) is 4.90. The largest absolute Gasteiger partial charge is 0.354 e. The average Bonchev–Trinajstić information content (AvgIpc) is 3.02. The van der Waals surface area contributed by atoms with E-state index in [4.69, 9.17) is 0 Å². The Morgan fingerprint density at radius 3 is 2.58 bits per heavy atom. The van der Waals surface area contributed by atoms with Crippen LogP contribution in [0.1, 0.15) is 50.1 Å². The molecule has 4 nitrogen and oxygen atoms in total. The molecule has 2 aliphatic rings.